The van der Waals surface area contributed by atoms with Crippen molar-refractivity contribution in [2.75, 3.05) is 11.1 Å². The monoisotopic (exact) mass is 304 g/mol. The molecule has 0 saturated carbocycles. The third kappa shape index (κ3) is 3.14. The first-order chi connectivity index (χ1) is 9.27. The average Bonchev–Trinajstić information content (AvgIpc) is 2.35. The van der Waals surface area contributed by atoms with Crippen LogP contribution in [0.4, 0.5) is 34.6 Å². The highest BCUT2D eigenvalue weighted by Crippen LogP contribution is 2.34. The molecule has 7 heteroatoms. The van der Waals surface area contributed by atoms with Gasteiger partial charge in [0.2, 0.25) is 0 Å². The average molecular weight is 305 g/mol. The molecule has 0 aromatic heterocycles. The van der Waals surface area contributed by atoms with Crippen molar-refractivity contribution in [1.29, 1.82) is 0 Å². The van der Waals surface area contributed by atoms with E-state index in [0.29, 0.717) is 5.69 Å². The number of hydrogen-bond acceptors (Lipinski definition) is 2. The minimum Gasteiger partial charge on any atom is -0.397 e. The van der Waals surface area contributed by atoms with Crippen LogP contribution >= 0.6 is 11.6 Å². The largest absolute Gasteiger partial charge is 0.416 e. The lowest BCUT2D eigenvalue weighted by Gasteiger charge is -2.12. The van der Waals surface area contributed by atoms with Crippen LogP contribution in [0.3, 0.4) is 0 Å². The van der Waals surface area contributed by atoms with Gasteiger partial charge in [-0.2, -0.15) is 13.2 Å². The molecule has 0 radical (unpaired) electrons. The highest BCUT2D eigenvalue weighted by Gasteiger charge is 2.30. The van der Waals surface area contributed by atoms with Crippen LogP contribution < -0.4 is 11.1 Å². The summed E-state index contributed by atoms with van der Waals surface area (Å²) in [5, 5.41) is 2.68. The second-order valence-corrected chi connectivity index (χ2v) is 4.46. The molecule has 2 rings (SSSR count). The third-order valence-corrected chi connectivity index (χ3v) is 2.88. The Balaban J connectivity index is 2.28. The fraction of sp³-hybridized carbons (Fsp3) is 0.0769. The van der Waals surface area contributed by atoms with Crippen molar-refractivity contribution in [2.24, 2.45) is 0 Å². The van der Waals surface area contributed by atoms with E-state index in [2.05, 4.69) is 5.32 Å². The molecule has 106 valence electrons. The second-order valence-electron chi connectivity index (χ2n) is 4.05. The Bertz CT molecular complexity index is 641. The van der Waals surface area contributed by atoms with Crippen LogP contribution in [0.15, 0.2) is 36.4 Å². The van der Waals surface area contributed by atoms with E-state index in [9.17, 15) is 17.6 Å². The van der Waals surface area contributed by atoms with Crippen LogP contribution in [0, 0.1) is 5.82 Å². The molecule has 20 heavy (non-hydrogen) atoms. The number of rotatable bonds is 2. The number of alkyl halides is 3. The molecule has 0 atom stereocenters. The molecule has 2 aromatic rings. The lowest BCUT2D eigenvalue weighted by molar-refractivity contribution is -0.137. The van der Waals surface area contributed by atoms with Gasteiger partial charge in [-0.3, -0.25) is 0 Å². The predicted octanol–water partition coefficient (Wildman–Crippen LogP) is 4.82. The van der Waals surface area contributed by atoms with Crippen molar-refractivity contribution in [3.63, 3.8) is 0 Å². The molecule has 0 aliphatic heterocycles. The number of nitrogens with one attached hydrogen (secondary N) is 1. The summed E-state index contributed by atoms with van der Waals surface area (Å²) in [5.41, 5.74) is 5.20. The maximum absolute atomic E-state index is 13.3. The second kappa shape index (κ2) is 5.20. The van der Waals surface area contributed by atoms with Crippen LogP contribution in [0.1, 0.15) is 5.56 Å². The Morgan fingerprint density at radius 1 is 1.05 bits per heavy atom. The Morgan fingerprint density at radius 2 is 1.75 bits per heavy atom. The zero-order valence-electron chi connectivity index (χ0n) is 9.93. The number of nitrogens with two attached hydrogens (primary N) is 1. The topological polar surface area (TPSA) is 38.0 Å². The quantitative estimate of drug-likeness (QED) is 0.616. The maximum Gasteiger partial charge on any atom is 0.416 e. The van der Waals surface area contributed by atoms with Gasteiger partial charge in [-0.1, -0.05) is 11.6 Å². The predicted molar refractivity (Wildman–Crippen MR) is 70.5 cm³/mol. The van der Waals surface area contributed by atoms with Crippen molar-refractivity contribution >= 4 is 28.7 Å². The van der Waals surface area contributed by atoms with Crippen molar-refractivity contribution in [2.45, 2.75) is 6.18 Å². The molecule has 3 N–H and O–H groups in total. The highest BCUT2D eigenvalue weighted by molar-refractivity contribution is 6.30. The first-order valence-corrected chi connectivity index (χ1v) is 5.84. The molecule has 0 aliphatic rings. The van der Waals surface area contributed by atoms with Gasteiger partial charge in [-0.15, -0.1) is 0 Å². The molecule has 2 aromatic carbocycles. The van der Waals surface area contributed by atoms with Crippen molar-refractivity contribution in [3.05, 3.63) is 52.8 Å². The Morgan fingerprint density at radius 3 is 2.30 bits per heavy atom. The van der Waals surface area contributed by atoms with E-state index in [1.165, 1.54) is 18.2 Å². The Kier molecular flexibility index (Phi) is 3.76. The normalized spacial score (nSPS) is 11.4. The SMILES string of the molecule is Nc1cc(C(F)(F)F)ccc1Nc1ccc(Cl)c(F)c1. The number of halogens is 5. The fourth-order valence-corrected chi connectivity index (χ4v) is 1.70. The molecular formula is C13H9ClF4N2. The molecule has 2 nitrogen and oxygen atoms in total. The van der Waals surface area contributed by atoms with Crippen LogP contribution in [0.2, 0.25) is 5.02 Å². The number of anilines is 3. The molecule has 0 bridgehead atoms. The highest BCUT2D eigenvalue weighted by atomic mass is 35.5. The number of benzene rings is 2. The van der Waals surface area contributed by atoms with Gasteiger partial charge in [0.25, 0.3) is 0 Å². The summed E-state index contributed by atoms with van der Waals surface area (Å²) in [7, 11) is 0. The van der Waals surface area contributed by atoms with Crippen LogP contribution in [0.25, 0.3) is 0 Å². The van der Waals surface area contributed by atoms with Gasteiger partial charge in [-0.05, 0) is 36.4 Å². The van der Waals surface area contributed by atoms with E-state index in [-0.39, 0.29) is 16.4 Å². The number of hydrogen-bond donors (Lipinski definition) is 2. The molecule has 0 saturated heterocycles. The summed E-state index contributed by atoms with van der Waals surface area (Å²) < 4.78 is 50.7. The summed E-state index contributed by atoms with van der Waals surface area (Å²) in [6.45, 7) is 0. The Labute approximate surface area is 117 Å². The van der Waals surface area contributed by atoms with Gasteiger partial charge in [-0.25, -0.2) is 4.39 Å². The molecule has 0 aliphatic carbocycles. The smallest absolute Gasteiger partial charge is 0.397 e. The van der Waals surface area contributed by atoms with Crippen molar-refractivity contribution < 1.29 is 17.6 Å². The first-order valence-electron chi connectivity index (χ1n) is 5.46. The van der Waals surface area contributed by atoms with E-state index < -0.39 is 17.6 Å². The Hall–Kier alpha value is -1.95. The zero-order chi connectivity index (χ0) is 14.9. The molecule has 0 spiro atoms. The van der Waals surface area contributed by atoms with Crippen molar-refractivity contribution in [3.8, 4) is 0 Å². The van der Waals surface area contributed by atoms with E-state index in [1.54, 1.807) is 0 Å². The fourth-order valence-electron chi connectivity index (χ4n) is 1.58. The van der Waals surface area contributed by atoms with Gasteiger partial charge in [0.15, 0.2) is 0 Å². The summed E-state index contributed by atoms with van der Waals surface area (Å²) in [6.07, 6.45) is -4.46. The van der Waals surface area contributed by atoms with E-state index in [1.807, 2.05) is 0 Å². The van der Waals surface area contributed by atoms with Gasteiger partial charge < -0.3 is 11.1 Å². The minimum absolute atomic E-state index is 0.0454. The van der Waals surface area contributed by atoms with Crippen molar-refractivity contribution in [1.82, 2.24) is 0 Å². The zero-order valence-corrected chi connectivity index (χ0v) is 10.7. The maximum atomic E-state index is 13.3. The molecule has 0 fully saturated rings. The van der Waals surface area contributed by atoms with Crippen LogP contribution in [-0.4, -0.2) is 0 Å². The molecular weight excluding hydrogens is 296 g/mol. The van der Waals surface area contributed by atoms with Gasteiger partial charge in [0.05, 0.1) is 22.0 Å². The summed E-state index contributed by atoms with van der Waals surface area (Å²) in [6, 6.07) is 6.84. The van der Waals surface area contributed by atoms with Gasteiger partial charge in [0.1, 0.15) is 5.82 Å². The van der Waals surface area contributed by atoms with E-state index >= 15 is 0 Å². The first kappa shape index (κ1) is 14.5. The van der Waals surface area contributed by atoms with Gasteiger partial charge >= 0.3 is 6.18 Å². The summed E-state index contributed by atoms with van der Waals surface area (Å²) in [5.74, 6) is -0.637. The van der Waals surface area contributed by atoms with E-state index in [0.717, 1.165) is 18.2 Å². The summed E-state index contributed by atoms with van der Waals surface area (Å²) in [4.78, 5) is 0. The summed E-state index contributed by atoms with van der Waals surface area (Å²) >= 11 is 5.53. The molecule has 0 amide bonds. The number of nitrogen functional groups attached to an aromatic ring is 1. The molecule has 0 heterocycles. The lowest BCUT2D eigenvalue weighted by atomic mass is 10.1. The standard InChI is InChI=1S/C13H9ClF4N2/c14-9-3-2-8(6-10(9)15)20-12-4-1-7(5-11(12)19)13(16,17)18/h1-6,20H,19H2. The lowest BCUT2D eigenvalue weighted by Crippen LogP contribution is -2.06. The van der Waals surface area contributed by atoms with Crippen LogP contribution in [-0.2, 0) is 6.18 Å². The molecule has 0 unspecified atom stereocenters. The van der Waals surface area contributed by atoms with Crippen LogP contribution in [0.5, 0.6) is 0 Å². The minimum atomic E-state index is -4.46. The van der Waals surface area contributed by atoms with Gasteiger partial charge in [0, 0.05) is 5.69 Å². The third-order valence-electron chi connectivity index (χ3n) is 2.58. The van der Waals surface area contributed by atoms with E-state index in [4.69, 9.17) is 17.3 Å².